The fourth-order valence-corrected chi connectivity index (χ4v) is 1.69. The van der Waals surface area contributed by atoms with Gasteiger partial charge in [-0.15, -0.1) is 11.8 Å². The molecule has 1 heterocycles. The summed E-state index contributed by atoms with van der Waals surface area (Å²) in [7, 11) is 1.87. The third kappa shape index (κ3) is 3.37. The van der Waals surface area contributed by atoms with Crippen molar-refractivity contribution in [2.45, 2.75) is 11.3 Å². The molecule has 13 heavy (non-hydrogen) atoms. The zero-order valence-electron chi connectivity index (χ0n) is 7.34. The molecule has 0 radical (unpaired) electrons. The number of aryl methyl sites for hydroxylation is 1. The van der Waals surface area contributed by atoms with Crippen LogP contribution in [0.25, 0.3) is 0 Å². The summed E-state index contributed by atoms with van der Waals surface area (Å²) < 4.78 is 1.74. The van der Waals surface area contributed by atoms with Crippen molar-refractivity contribution in [2.75, 3.05) is 5.75 Å². The SMILES string of the molecule is Cn1cc(SCCC(N)=NO)cn1. The molecule has 0 unspecified atom stereocenters. The maximum absolute atomic E-state index is 8.27. The average Bonchev–Trinajstić information content (AvgIpc) is 2.51. The number of aromatic nitrogens is 2. The molecule has 0 saturated carbocycles. The van der Waals surface area contributed by atoms with Crippen molar-refractivity contribution in [3.8, 4) is 0 Å². The van der Waals surface area contributed by atoms with Crippen LogP contribution in [0.2, 0.25) is 0 Å². The third-order valence-electron chi connectivity index (χ3n) is 1.44. The van der Waals surface area contributed by atoms with E-state index in [1.807, 2.05) is 13.2 Å². The predicted molar refractivity (Wildman–Crippen MR) is 52.0 cm³/mol. The van der Waals surface area contributed by atoms with Gasteiger partial charge in [0.15, 0.2) is 0 Å². The summed E-state index contributed by atoms with van der Waals surface area (Å²) in [5, 5.41) is 15.2. The van der Waals surface area contributed by atoms with E-state index in [-0.39, 0.29) is 5.84 Å². The molecular weight excluding hydrogens is 188 g/mol. The molecule has 0 fully saturated rings. The summed E-state index contributed by atoms with van der Waals surface area (Å²) in [6.45, 7) is 0. The molecule has 0 aliphatic rings. The van der Waals surface area contributed by atoms with Crippen molar-refractivity contribution in [2.24, 2.45) is 17.9 Å². The van der Waals surface area contributed by atoms with Crippen molar-refractivity contribution < 1.29 is 5.21 Å². The number of oxime groups is 1. The van der Waals surface area contributed by atoms with Crippen molar-refractivity contribution in [1.82, 2.24) is 9.78 Å². The Morgan fingerprint density at radius 3 is 3.15 bits per heavy atom. The molecular formula is C7H12N4OS. The van der Waals surface area contributed by atoms with E-state index in [2.05, 4.69) is 10.3 Å². The van der Waals surface area contributed by atoms with Gasteiger partial charge in [0, 0.05) is 30.3 Å². The van der Waals surface area contributed by atoms with Crippen molar-refractivity contribution >= 4 is 17.6 Å². The lowest BCUT2D eigenvalue weighted by atomic mass is 10.5. The Bertz CT molecular complexity index is 296. The largest absolute Gasteiger partial charge is 0.409 e. The van der Waals surface area contributed by atoms with Crippen molar-refractivity contribution in [3.63, 3.8) is 0 Å². The molecule has 0 aliphatic heterocycles. The molecule has 0 atom stereocenters. The zero-order valence-corrected chi connectivity index (χ0v) is 8.16. The van der Waals surface area contributed by atoms with Gasteiger partial charge < -0.3 is 10.9 Å². The summed E-state index contributed by atoms with van der Waals surface area (Å²) in [6.07, 6.45) is 4.30. The predicted octanol–water partition coefficient (Wildman–Crippen LogP) is 0.649. The summed E-state index contributed by atoms with van der Waals surface area (Å²) in [6, 6.07) is 0. The minimum Gasteiger partial charge on any atom is -0.409 e. The van der Waals surface area contributed by atoms with E-state index >= 15 is 0 Å². The van der Waals surface area contributed by atoms with Crippen molar-refractivity contribution in [1.29, 1.82) is 0 Å². The van der Waals surface area contributed by atoms with Crippen LogP contribution in [0.15, 0.2) is 22.4 Å². The Labute approximate surface area is 80.6 Å². The van der Waals surface area contributed by atoms with E-state index in [1.54, 1.807) is 22.6 Å². The Morgan fingerprint density at radius 2 is 2.62 bits per heavy atom. The highest BCUT2D eigenvalue weighted by Gasteiger charge is 1.98. The maximum atomic E-state index is 8.27. The number of hydrogen-bond donors (Lipinski definition) is 2. The maximum Gasteiger partial charge on any atom is 0.139 e. The van der Waals surface area contributed by atoms with Gasteiger partial charge in [-0.05, 0) is 0 Å². The summed E-state index contributed by atoms with van der Waals surface area (Å²) in [5.74, 6) is 1.05. The Hall–Kier alpha value is -1.17. The molecule has 0 amide bonds. The highest BCUT2D eigenvalue weighted by molar-refractivity contribution is 7.99. The third-order valence-corrected chi connectivity index (χ3v) is 2.39. The summed E-state index contributed by atoms with van der Waals surface area (Å²) in [4.78, 5) is 1.09. The minimum atomic E-state index is 0.261. The first-order chi connectivity index (χ1) is 6.22. The second kappa shape index (κ2) is 4.76. The first kappa shape index (κ1) is 9.91. The highest BCUT2D eigenvalue weighted by atomic mass is 32.2. The second-order valence-corrected chi connectivity index (χ2v) is 3.71. The smallest absolute Gasteiger partial charge is 0.139 e. The second-order valence-electron chi connectivity index (χ2n) is 2.54. The number of thioether (sulfide) groups is 1. The summed E-state index contributed by atoms with van der Waals surface area (Å²) in [5.41, 5.74) is 5.31. The van der Waals surface area contributed by atoms with Crippen LogP contribution in [0, 0.1) is 0 Å². The van der Waals surface area contributed by atoms with Crippen LogP contribution < -0.4 is 5.73 Å². The van der Waals surface area contributed by atoms with Gasteiger partial charge in [-0.1, -0.05) is 5.16 Å². The lowest BCUT2D eigenvalue weighted by Crippen LogP contribution is -2.11. The van der Waals surface area contributed by atoms with Gasteiger partial charge in [0.2, 0.25) is 0 Å². The first-order valence-electron chi connectivity index (χ1n) is 3.80. The van der Waals surface area contributed by atoms with Crippen LogP contribution >= 0.6 is 11.8 Å². The molecule has 0 spiro atoms. The van der Waals surface area contributed by atoms with E-state index in [9.17, 15) is 0 Å². The van der Waals surface area contributed by atoms with Gasteiger partial charge in [-0.25, -0.2) is 0 Å². The van der Waals surface area contributed by atoms with E-state index in [4.69, 9.17) is 10.9 Å². The average molecular weight is 200 g/mol. The van der Waals surface area contributed by atoms with Crippen LogP contribution in [0.4, 0.5) is 0 Å². The molecule has 5 nitrogen and oxygen atoms in total. The quantitative estimate of drug-likeness (QED) is 0.246. The molecule has 1 aromatic heterocycles. The van der Waals surface area contributed by atoms with Crippen LogP contribution in [-0.4, -0.2) is 26.6 Å². The molecule has 0 aromatic carbocycles. The molecule has 6 heteroatoms. The number of nitrogens with two attached hydrogens (primary N) is 1. The lowest BCUT2D eigenvalue weighted by Gasteiger charge is -1.96. The van der Waals surface area contributed by atoms with Crippen LogP contribution in [0.3, 0.4) is 0 Å². The molecule has 1 rings (SSSR count). The normalized spacial score (nSPS) is 11.9. The Morgan fingerprint density at radius 1 is 1.85 bits per heavy atom. The molecule has 0 saturated heterocycles. The number of rotatable bonds is 4. The van der Waals surface area contributed by atoms with Crippen molar-refractivity contribution in [3.05, 3.63) is 12.4 Å². The van der Waals surface area contributed by atoms with Gasteiger partial charge in [0.1, 0.15) is 5.84 Å². The number of nitrogens with zero attached hydrogens (tertiary/aromatic N) is 3. The molecule has 0 aliphatic carbocycles. The summed E-state index contributed by atoms with van der Waals surface area (Å²) >= 11 is 1.63. The van der Waals surface area contributed by atoms with Gasteiger partial charge in [0.05, 0.1) is 6.20 Å². The topological polar surface area (TPSA) is 76.4 Å². The van der Waals surface area contributed by atoms with E-state index in [1.165, 1.54) is 0 Å². The van der Waals surface area contributed by atoms with Gasteiger partial charge >= 0.3 is 0 Å². The van der Waals surface area contributed by atoms with E-state index < -0.39 is 0 Å². The van der Waals surface area contributed by atoms with Gasteiger partial charge in [-0.3, -0.25) is 4.68 Å². The van der Waals surface area contributed by atoms with E-state index in [0.29, 0.717) is 6.42 Å². The number of hydrogen-bond acceptors (Lipinski definition) is 4. The van der Waals surface area contributed by atoms with Crippen LogP contribution in [-0.2, 0) is 7.05 Å². The fraction of sp³-hybridized carbons (Fsp3) is 0.429. The van der Waals surface area contributed by atoms with Gasteiger partial charge in [-0.2, -0.15) is 5.10 Å². The van der Waals surface area contributed by atoms with Crippen LogP contribution in [0.1, 0.15) is 6.42 Å². The Kier molecular flexibility index (Phi) is 3.63. The zero-order chi connectivity index (χ0) is 9.68. The van der Waals surface area contributed by atoms with Gasteiger partial charge in [0.25, 0.3) is 0 Å². The first-order valence-corrected chi connectivity index (χ1v) is 4.79. The Balaban J connectivity index is 2.28. The molecule has 72 valence electrons. The molecule has 1 aromatic rings. The van der Waals surface area contributed by atoms with Crippen LogP contribution in [0.5, 0.6) is 0 Å². The monoisotopic (exact) mass is 200 g/mol. The molecule has 0 bridgehead atoms. The fourth-order valence-electron chi connectivity index (χ4n) is 0.797. The van der Waals surface area contributed by atoms with E-state index in [0.717, 1.165) is 10.6 Å². The number of amidine groups is 1. The molecule has 3 N–H and O–H groups in total. The highest BCUT2D eigenvalue weighted by Crippen LogP contribution is 2.16. The lowest BCUT2D eigenvalue weighted by molar-refractivity contribution is 0.317. The minimum absolute atomic E-state index is 0.261. The standard InChI is InChI=1S/C7H12N4OS/c1-11-5-6(4-9-11)13-3-2-7(8)10-12/h4-5,12H,2-3H2,1H3,(H2,8,10).